The van der Waals surface area contributed by atoms with Crippen LogP contribution in [0.25, 0.3) is 0 Å². The van der Waals surface area contributed by atoms with E-state index in [-0.39, 0.29) is 11.9 Å². The molecule has 63 valence electrons. The van der Waals surface area contributed by atoms with E-state index < -0.39 is 0 Å². The topological polar surface area (TPSA) is 46.3 Å². The number of likely N-dealkylation sites (tertiary alicyclic amines) is 1. The maximum absolute atomic E-state index is 11.3. The zero-order chi connectivity index (χ0) is 8.27. The van der Waals surface area contributed by atoms with E-state index >= 15 is 0 Å². The Morgan fingerprint density at radius 2 is 2.45 bits per heavy atom. The Morgan fingerprint density at radius 1 is 1.73 bits per heavy atom. The summed E-state index contributed by atoms with van der Waals surface area (Å²) in [7, 11) is 0. The minimum atomic E-state index is 0.157. The molecule has 0 aromatic carbocycles. The van der Waals surface area contributed by atoms with Gasteiger partial charge in [0.05, 0.1) is 0 Å². The summed E-state index contributed by atoms with van der Waals surface area (Å²) in [5, 5.41) is 0. The van der Waals surface area contributed by atoms with Gasteiger partial charge >= 0.3 is 0 Å². The molecule has 1 fully saturated rings. The van der Waals surface area contributed by atoms with Gasteiger partial charge in [0, 0.05) is 25.6 Å². The van der Waals surface area contributed by atoms with Crippen LogP contribution >= 0.6 is 0 Å². The van der Waals surface area contributed by atoms with E-state index in [0.29, 0.717) is 13.0 Å². The first kappa shape index (κ1) is 8.53. The third-order valence-electron chi connectivity index (χ3n) is 2.06. The average molecular weight is 155 g/mol. The van der Waals surface area contributed by atoms with Crippen molar-refractivity contribution in [2.75, 3.05) is 13.1 Å². The van der Waals surface area contributed by atoms with Crippen LogP contribution in [0.4, 0.5) is 0 Å². The molecule has 11 heavy (non-hydrogen) atoms. The molecule has 3 heteroatoms. The number of amides is 1. The van der Waals surface area contributed by atoms with Crippen LogP contribution in [0.1, 0.15) is 19.3 Å². The Kier molecular flexibility index (Phi) is 2.88. The van der Waals surface area contributed by atoms with Gasteiger partial charge in [-0.15, -0.1) is 0 Å². The minimum Gasteiger partial charge on any atom is -0.340 e. The highest BCUT2D eigenvalue weighted by atomic mass is 16.2. The van der Waals surface area contributed by atoms with Gasteiger partial charge in [-0.3, -0.25) is 4.79 Å². The average Bonchev–Trinajstić information content (AvgIpc) is 2.36. The second-order valence-corrected chi connectivity index (χ2v) is 2.92. The fourth-order valence-electron chi connectivity index (χ4n) is 1.43. The van der Waals surface area contributed by atoms with Crippen molar-refractivity contribution in [1.82, 2.24) is 4.90 Å². The molecule has 1 radical (unpaired) electrons. The second kappa shape index (κ2) is 3.72. The molecule has 1 unspecified atom stereocenters. The molecule has 1 aliphatic rings. The highest BCUT2D eigenvalue weighted by Gasteiger charge is 2.23. The molecule has 3 nitrogen and oxygen atoms in total. The maximum Gasteiger partial charge on any atom is 0.224 e. The molecule has 1 saturated heterocycles. The van der Waals surface area contributed by atoms with Crippen molar-refractivity contribution in [2.24, 2.45) is 5.73 Å². The molecule has 1 amide bonds. The fourth-order valence-corrected chi connectivity index (χ4v) is 1.43. The van der Waals surface area contributed by atoms with Crippen molar-refractivity contribution in [3.05, 3.63) is 6.92 Å². The van der Waals surface area contributed by atoms with Gasteiger partial charge in [-0.05, 0) is 19.8 Å². The molecule has 0 aromatic rings. The number of nitrogens with zero attached hydrogens (tertiary/aromatic N) is 1. The summed E-state index contributed by atoms with van der Waals surface area (Å²) < 4.78 is 0. The standard InChI is InChI=1S/C8H15N2O/c1-7-3-2-6-10(7)8(11)4-5-9/h7H,1-6,9H2. The highest BCUT2D eigenvalue weighted by molar-refractivity contribution is 5.77. The Bertz CT molecular complexity index is 147. The van der Waals surface area contributed by atoms with Gasteiger partial charge < -0.3 is 10.6 Å². The van der Waals surface area contributed by atoms with Crippen LogP contribution in [0.5, 0.6) is 0 Å². The molecule has 0 spiro atoms. The third kappa shape index (κ3) is 1.93. The fraction of sp³-hybridized carbons (Fsp3) is 0.750. The summed E-state index contributed by atoms with van der Waals surface area (Å²) in [4.78, 5) is 13.1. The number of rotatable bonds is 2. The van der Waals surface area contributed by atoms with Crippen molar-refractivity contribution in [3.63, 3.8) is 0 Å². The minimum absolute atomic E-state index is 0.157. The molecule has 0 aliphatic carbocycles. The van der Waals surface area contributed by atoms with Crippen LogP contribution in [0.2, 0.25) is 0 Å². The molecule has 1 atom stereocenters. The van der Waals surface area contributed by atoms with E-state index in [1.54, 1.807) is 0 Å². The van der Waals surface area contributed by atoms with E-state index in [4.69, 9.17) is 5.73 Å². The monoisotopic (exact) mass is 155 g/mol. The molecular formula is C8H15N2O. The van der Waals surface area contributed by atoms with Gasteiger partial charge in [-0.25, -0.2) is 0 Å². The molecule has 2 N–H and O–H groups in total. The van der Waals surface area contributed by atoms with Crippen molar-refractivity contribution >= 4 is 5.91 Å². The highest BCUT2D eigenvalue weighted by Crippen LogP contribution is 2.16. The Balaban J connectivity index is 2.39. The lowest BCUT2D eigenvalue weighted by molar-refractivity contribution is -0.131. The Hall–Kier alpha value is -0.570. The third-order valence-corrected chi connectivity index (χ3v) is 2.06. The number of hydrogen-bond donors (Lipinski definition) is 1. The molecule has 1 heterocycles. The van der Waals surface area contributed by atoms with Crippen molar-refractivity contribution in [3.8, 4) is 0 Å². The Labute approximate surface area is 67.5 Å². The van der Waals surface area contributed by atoms with E-state index in [1.165, 1.54) is 0 Å². The molecular weight excluding hydrogens is 140 g/mol. The molecule has 0 aromatic heterocycles. The first-order chi connectivity index (χ1) is 5.25. The zero-order valence-electron chi connectivity index (χ0n) is 6.75. The molecule has 0 saturated carbocycles. The van der Waals surface area contributed by atoms with Crippen LogP contribution < -0.4 is 5.73 Å². The normalized spacial score (nSPS) is 24.2. The predicted octanol–water partition coefficient (Wildman–Crippen LogP) is 0.160. The maximum atomic E-state index is 11.3. The number of carbonyl (C=O) groups excluding carboxylic acids is 1. The summed E-state index contributed by atoms with van der Waals surface area (Å²) >= 11 is 0. The molecule has 0 bridgehead atoms. The quantitative estimate of drug-likeness (QED) is 0.617. The van der Waals surface area contributed by atoms with Gasteiger partial charge in [0.1, 0.15) is 0 Å². The molecule has 1 rings (SSSR count). The first-order valence-electron chi connectivity index (χ1n) is 4.08. The summed E-state index contributed by atoms with van der Waals surface area (Å²) in [6.45, 7) is 5.20. The second-order valence-electron chi connectivity index (χ2n) is 2.92. The van der Waals surface area contributed by atoms with Crippen LogP contribution in [0.3, 0.4) is 0 Å². The summed E-state index contributed by atoms with van der Waals surface area (Å²) in [5.41, 5.74) is 5.27. The van der Waals surface area contributed by atoms with Crippen molar-refractivity contribution in [1.29, 1.82) is 0 Å². The summed E-state index contributed by atoms with van der Waals surface area (Å²) in [6.07, 6.45) is 2.59. The first-order valence-corrected chi connectivity index (χ1v) is 4.08. The largest absolute Gasteiger partial charge is 0.340 e. The number of nitrogens with two attached hydrogens (primary N) is 1. The van der Waals surface area contributed by atoms with Gasteiger partial charge in [0.15, 0.2) is 0 Å². The van der Waals surface area contributed by atoms with Crippen LogP contribution in [-0.2, 0) is 4.79 Å². The van der Waals surface area contributed by atoms with Crippen LogP contribution in [-0.4, -0.2) is 29.9 Å². The number of hydrogen-bond acceptors (Lipinski definition) is 2. The van der Waals surface area contributed by atoms with Gasteiger partial charge in [0.25, 0.3) is 0 Å². The van der Waals surface area contributed by atoms with Crippen LogP contribution in [0.15, 0.2) is 0 Å². The van der Waals surface area contributed by atoms with Gasteiger partial charge in [-0.2, -0.15) is 0 Å². The zero-order valence-corrected chi connectivity index (χ0v) is 6.75. The molecule has 1 aliphatic heterocycles. The van der Waals surface area contributed by atoms with Crippen molar-refractivity contribution < 1.29 is 4.79 Å². The van der Waals surface area contributed by atoms with E-state index in [2.05, 4.69) is 6.92 Å². The smallest absolute Gasteiger partial charge is 0.224 e. The lowest BCUT2D eigenvalue weighted by atomic mass is 10.2. The van der Waals surface area contributed by atoms with Crippen molar-refractivity contribution in [2.45, 2.75) is 25.3 Å². The number of carbonyl (C=O) groups is 1. The van der Waals surface area contributed by atoms with Gasteiger partial charge in [-0.1, -0.05) is 0 Å². The lowest BCUT2D eigenvalue weighted by Crippen LogP contribution is -2.34. The Morgan fingerprint density at radius 3 is 2.91 bits per heavy atom. The van der Waals surface area contributed by atoms with E-state index in [1.807, 2.05) is 4.90 Å². The van der Waals surface area contributed by atoms with Gasteiger partial charge in [0.2, 0.25) is 5.91 Å². The SMILES string of the molecule is [CH2]C1CCCN1C(=O)CCN. The predicted molar refractivity (Wildman–Crippen MR) is 43.8 cm³/mol. The van der Waals surface area contributed by atoms with E-state index in [0.717, 1.165) is 19.4 Å². The van der Waals surface area contributed by atoms with E-state index in [9.17, 15) is 4.79 Å². The van der Waals surface area contributed by atoms with Crippen LogP contribution in [0, 0.1) is 6.92 Å². The summed E-state index contributed by atoms with van der Waals surface area (Å²) in [6, 6.07) is 0.189. The summed E-state index contributed by atoms with van der Waals surface area (Å²) in [5.74, 6) is 0.157. The lowest BCUT2D eigenvalue weighted by Gasteiger charge is -2.20.